The fourth-order valence-electron chi connectivity index (χ4n) is 1.40. The van der Waals surface area contributed by atoms with Crippen molar-refractivity contribution in [1.29, 1.82) is 0 Å². The molecule has 0 fully saturated rings. The summed E-state index contributed by atoms with van der Waals surface area (Å²) in [6.07, 6.45) is 6.75. The highest BCUT2D eigenvalue weighted by Crippen LogP contribution is 2.25. The van der Waals surface area contributed by atoms with Crippen LogP contribution in [0.25, 0.3) is 0 Å². The fourth-order valence-corrected chi connectivity index (χ4v) is 1.65. The van der Waals surface area contributed by atoms with Gasteiger partial charge in [0.15, 0.2) is 0 Å². The van der Waals surface area contributed by atoms with Crippen LogP contribution in [-0.2, 0) is 6.54 Å². The molecule has 0 aliphatic carbocycles. The second-order valence-corrected chi connectivity index (χ2v) is 4.11. The Balaban J connectivity index is 2.48. The van der Waals surface area contributed by atoms with Crippen molar-refractivity contribution in [3.63, 3.8) is 0 Å². The molecule has 1 aromatic carbocycles. The molecule has 1 rings (SSSR count). The van der Waals surface area contributed by atoms with Gasteiger partial charge in [0, 0.05) is 13.0 Å². The van der Waals surface area contributed by atoms with E-state index < -0.39 is 0 Å². The molecule has 0 radical (unpaired) electrons. The summed E-state index contributed by atoms with van der Waals surface area (Å²) in [5.74, 6) is 3.31. The first kappa shape index (κ1) is 13.9. The molecule has 0 amide bonds. The van der Waals surface area contributed by atoms with Gasteiger partial charge in [-0.25, -0.2) is 0 Å². The van der Waals surface area contributed by atoms with E-state index in [1.807, 2.05) is 18.2 Å². The highest BCUT2D eigenvalue weighted by molar-refractivity contribution is 6.32. The van der Waals surface area contributed by atoms with Gasteiger partial charge in [-0.1, -0.05) is 24.6 Å². The van der Waals surface area contributed by atoms with Gasteiger partial charge in [-0.2, -0.15) is 0 Å². The lowest BCUT2D eigenvalue weighted by atomic mass is 10.2. The SMILES string of the molecule is C#CCCCOc1ccc(CNCC)cc1Cl. The van der Waals surface area contributed by atoms with Crippen LogP contribution in [0.3, 0.4) is 0 Å². The molecule has 0 bridgehead atoms. The number of ether oxygens (including phenoxy) is 1. The maximum absolute atomic E-state index is 6.13. The molecular formula is C14H18ClNO. The van der Waals surface area contributed by atoms with Gasteiger partial charge in [-0.05, 0) is 30.7 Å². The smallest absolute Gasteiger partial charge is 0.137 e. The number of rotatable bonds is 7. The Hall–Kier alpha value is -1.17. The number of benzene rings is 1. The number of terminal acetylenes is 1. The van der Waals surface area contributed by atoms with Gasteiger partial charge in [0.2, 0.25) is 0 Å². The van der Waals surface area contributed by atoms with Crippen LogP contribution < -0.4 is 10.1 Å². The van der Waals surface area contributed by atoms with Crippen molar-refractivity contribution in [3.8, 4) is 18.1 Å². The van der Waals surface area contributed by atoms with Crippen LogP contribution in [0.15, 0.2) is 18.2 Å². The Bertz CT molecular complexity index is 384. The van der Waals surface area contributed by atoms with Crippen LogP contribution in [0, 0.1) is 12.3 Å². The second-order valence-electron chi connectivity index (χ2n) is 3.70. The highest BCUT2D eigenvalue weighted by Gasteiger charge is 2.02. The van der Waals surface area contributed by atoms with Crippen LogP contribution >= 0.6 is 11.6 Å². The van der Waals surface area contributed by atoms with E-state index in [0.29, 0.717) is 11.6 Å². The van der Waals surface area contributed by atoms with Crippen molar-refractivity contribution in [1.82, 2.24) is 5.32 Å². The third-order valence-corrected chi connectivity index (χ3v) is 2.59. The van der Waals surface area contributed by atoms with Crippen molar-refractivity contribution in [3.05, 3.63) is 28.8 Å². The lowest BCUT2D eigenvalue weighted by Gasteiger charge is -2.09. The van der Waals surface area contributed by atoms with E-state index in [2.05, 4.69) is 18.2 Å². The first-order chi connectivity index (χ1) is 8.27. The predicted octanol–water partition coefficient (Wildman–Crippen LogP) is 3.24. The average Bonchev–Trinajstić information content (AvgIpc) is 2.34. The van der Waals surface area contributed by atoms with Crippen LogP contribution in [-0.4, -0.2) is 13.2 Å². The Kier molecular flexibility index (Phi) is 6.54. The molecule has 0 saturated heterocycles. The Morgan fingerprint density at radius 3 is 2.94 bits per heavy atom. The van der Waals surface area contributed by atoms with Gasteiger partial charge in [0.25, 0.3) is 0 Å². The molecule has 0 spiro atoms. The van der Waals surface area contributed by atoms with Crippen molar-refractivity contribution >= 4 is 11.6 Å². The summed E-state index contributed by atoms with van der Waals surface area (Å²) >= 11 is 6.13. The Labute approximate surface area is 108 Å². The lowest BCUT2D eigenvalue weighted by Crippen LogP contribution is -2.11. The summed E-state index contributed by atoms with van der Waals surface area (Å²) < 4.78 is 5.55. The molecule has 92 valence electrons. The van der Waals surface area contributed by atoms with Crippen LogP contribution in [0.4, 0.5) is 0 Å². The lowest BCUT2D eigenvalue weighted by molar-refractivity contribution is 0.313. The summed E-state index contributed by atoms with van der Waals surface area (Å²) in [6.45, 7) is 4.45. The summed E-state index contributed by atoms with van der Waals surface area (Å²) in [7, 11) is 0. The monoisotopic (exact) mass is 251 g/mol. The molecule has 0 unspecified atom stereocenters. The van der Waals surface area contributed by atoms with Crippen LogP contribution in [0.1, 0.15) is 25.3 Å². The third kappa shape index (κ3) is 5.12. The van der Waals surface area contributed by atoms with Crippen molar-refractivity contribution in [2.75, 3.05) is 13.2 Å². The number of halogens is 1. The largest absolute Gasteiger partial charge is 0.492 e. The Morgan fingerprint density at radius 2 is 2.29 bits per heavy atom. The molecule has 0 aromatic heterocycles. The van der Waals surface area contributed by atoms with E-state index in [1.165, 1.54) is 0 Å². The van der Waals surface area contributed by atoms with E-state index in [1.54, 1.807) is 0 Å². The van der Waals surface area contributed by atoms with E-state index in [4.69, 9.17) is 22.8 Å². The molecule has 1 aromatic rings. The maximum Gasteiger partial charge on any atom is 0.137 e. The molecule has 0 aliphatic rings. The number of hydrogen-bond acceptors (Lipinski definition) is 2. The maximum atomic E-state index is 6.13. The van der Waals surface area contributed by atoms with Gasteiger partial charge in [-0.15, -0.1) is 12.3 Å². The van der Waals surface area contributed by atoms with Gasteiger partial charge < -0.3 is 10.1 Å². The number of hydrogen-bond donors (Lipinski definition) is 1. The molecule has 1 N–H and O–H groups in total. The van der Waals surface area contributed by atoms with E-state index >= 15 is 0 Å². The summed E-state index contributed by atoms with van der Waals surface area (Å²) in [5, 5.41) is 3.90. The number of unbranched alkanes of at least 4 members (excludes halogenated alkanes) is 1. The third-order valence-electron chi connectivity index (χ3n) is 2.30. The van der Waals surface area contributed by atoms with E-state index in [9.17, 15) is 0 Å². The highest BCUT2D eigenvalue weighted by atomic mass is 35.5. The molecule has 0 aliphatic heterocycles. The van der Waals surface area contributed by atoms with Gasteiger partial charge in [0.05, 0.1) is 11.6 Å². The van der Waals surface area contributed by atoms with Crippen molar-refractivity contribution in [2.45, 2.75) is 26.3 Å². The minimum absolute atomic E-state index is 0.608. The molecule has 0 saturated carbocycles. The first-order valence-corrected chi connectivity index (χ1v) is 6.21. The molecule has 2 nitrogen and oxygen atoms in total. The zero-order valence-electron chi connectivity index (χ0n) is 10.1. The quantitative estimate of drug-likeness (QED) is 0.593. The Morgan fingerprint density at radius 1 is 1.47 bits per heavy atom. The zero-order chi connectivity index (χ0) is 12.5. The van der Waals surface area contributed by atoms with Crippen molar-refractivity contribution < 1.29 is 4.74 Å². The summed E-state index contributed by atoms with van der Waals surface area (Å²) in [4.78, 5) is 0. The molecule has 17 heavy (non-hydrogen) atoms. The van der Waals surface area contributed by atoms with Gasteiger partial charge in [0.1, 0.15) is 5.75 Å². The molecule has 0 heterocycles. The summed E-state index contributed by atoms with van der Waals surface area (Å²) in [5.41, 5.74) is 1.16. The van der Waals surface area contributed by atoms with Crippen molar-refractivity contribution in [2.24, 2.45) is 0 Å². The predicted molar refractivity (Wildman–Crippen MR) is 72.4 cm³/mol. The van der Waals surface area contributed by atoms with Gasteiger partial charge >= 0.3 is 0 Å². The molecule has 3 heteroatoms. The minimum atomic E-state index is 0.608. The summed E-state index contributed by atoms with van der Waals surface area (Å²) in [6, 6.07) is 5.86. The standard InChI is InChI=1S/C14H18ClNO/c1-3-5-6-9-17-14-8-7-12(10-13(14)15)11-16-4-2/h1,7-8,10,16H,4-6,9,11H2,2H3. The fraction of sp³-hybridized carbons (Fsp3) is 0.429. The number of nitrogens with one attached hydrogen (secondary N) is 1. The first-order valence-electron chi connectivity index (χ1n) is 5.83. The average molecular weight is 252 g/mol. The molecular weight excluding hydrogens is 234 g/mol. The van der Waals surface area contributed by atoms with E-state index in [-0.39, 0.29) is 0 Å². The van der Waals surface area contributed by atoms with Crippen LogP contribution in [0.5, 0.6) is 5.75 Å². The zero-order valence-corrected chi connectivity index (χ0v) is 10.9. The topological polar surface area (TPSA) is 21.3 Å². The molecule has 0 atom stereocenters. The minimum Gasteiger partial charge on any atom is -0.492 e. The normalized spacial score (nSPS) is 9.94. The van der Waals surface area contributed by atoms with E-state index in [0.717, 1.165) is 37.2 Å². The second kappa shape index (κ2) is 8.00. The van der Waals surface area contributed by atoms with Crippen LogP contribution in [0.2, 0.25) is 5.02 Å². The van der Waals surface area contributed by atoms with Gasteiger partial charge in [-0.3, -0.25) is 0 Å².